The van der Waals surface area contributed by atoms with Crippen LogP contribution in [0, 0.1) is 22.5 Å². The van der Waals surface area contributed by atoms with E-state index in [2.05, 4.69) is 34.9 Å². The maximum absolute atomic E-state index is 13.6. The van der Waals surface area contributed by atoms with Crippen LogP contribution in [-0.4, -0.2) is 129 Å². The number of azide groups is 1. The van der Waals surface area contributed by atoms with Crippen LogP contribution in [0.1, 0.15) is 33.1 Å². The zero-order valence-electron chi connectivity index (χ0n) is 34.3. The Labute approximate surface area is 371 Å². The average Bonchev–Trinajstić information content (AvgIpc) is 4.02. The number of fused-ring (bicyclic) bond motifs is 2. The van der Waals surface area contributed by atoms with E-state index in [1.807, 2.05) is 0 Å². The van der Waals surface area contributed by atoms with Gasteiger partial charge in [0.2, 0.25) is 20.2 Å². The van der Waals surface area contributed by atoms with E-state index in [0.29, 0.717) is 95.8 Å². The van der Waals surface area contributed by atoms with Crippen molar-refractivity contribution in [3.63, 3.8) is 0 Å². The van der Waals surface area contributed by atoms with Gasteiger partial charge in [-0.15, -0.1) is 10.2 Å². The van der Waals surface area contributed by atoms with Gasteiger partial charge in [0.1, 0.15) is 42.8 Å². The van der Waals surface area contributed by atoms with Gasteiger partial charge in [-0.05, 0) is 60.9 Å². The maximum Gasteiger partial charge on any atom is 0.214 e. The summed E-state index contributed by atoms with van der Waals surface area (Å²) in [6.45, 7) is 2.37. The Kier molecular flexibility index (Phi) is 14.2. The molecular weight excluding hydrogens is 901 g/mol. The van der Waals surface area contributed by atoms with Crippen LogP contribution >= 0.6 is 22.7 Å². The molecule has 6 heterocycles. The smallest absolute Gasteiger partial charge is 0.214 e. The summed E-state index contributed by atoms with van der Waals surface area (Å²) in [7, 11) is -3.43. The molecule has 1 N–H and O–H groups in total. The summed E-state index contributed by atoms with van der Waals surface area (Å²) in [6, 6.07) is 8.64. The summed E-state index contributed by atoms with van der Waals surface area (Å²) >= 11 is 2.85. The summed E-state index contributed by atoms with van der Waals surface area (Å²) in [6.07, 6.45) is 8.03. The molecule has 2 aromatic carbocycles. The minimum atomic E-state index is -3.22. The second kappa shape index (κ2) is 18.9. The van der Waals surface area contributed by atoms with Gasteiger partial charge in [-0.25, -0.2) is 44.6 Å². The molecular formula is C39H49F2N11O7S4. The highest BCUT2D eigenvalue weighted by molar-refractivity contribution is 7.90. The molecule has 18 nitrogen and oxygen atoms in total. The molecule has 2 fully saturated rings. The molecule has 24 heteroatoms. The van der Waals surface area contributed by atoms with Gasteiger partial charge < -0.3 is 24.4 Å². The minimum Gasteiger partial charge on any atom is -0.496 e. The van der Waals surface area contributed by atoms with Crippen LogP contribution in [0.25, 0.3) is 42.9 Å². The van der Waals surface area contributed by atoms with E-state index in [1.165, 1.54) is 73.7 Å². The first-order chi connectivity index (χ1) is 29.5. The number of aromatic nitrogens is 6. The van der Waals surface area contributed by atoms with Gasteiger partial charge in [0, 0.05) is 85.4 Å². The normalized spacial score (nSPS) is 16.2. The lowest BCUT2D eigenvalue weighted by atomic mass is 9.80. The standard InChI is InChI=1S/C19H22FN7O3S2.C19H23FN4O4S2.CH4/c1-30-16-9-13(20)3-4-14(16)15-10-22-17-27(15)24-18(31-17)26-7-5-19(6-8-26,11-23-25-21)12-32(2,28)29;1-28-16-9-13(20)3-4-14(16)15-10-21-17-24(15)22-18(29-17)23-7-5-19(11-25,6-8-23)12-30(2,26)27;/h3-4,9-10H,5-8,11-12H2,1-2H3;3-4,9-10,25H,5-8,11-12H2,1-2H3;1H4. The molecule has 0 unspecified atom stereocenters. The molecule has 0 amide bonds. The average molecular weight is 950 g/mol. The van der Waals surface area contributed by atoms with E-state index >= 15 is 0 Å². The molecule has 0 bridgehead atoms. The van der Waals surface area contributed by atoms with Gasteiger partial charge in [-0.2, -0.15) is 0 Å². The minimum absolute atomic E-state index is 0. The number of hydrogen-bond donors (Lipinski definition) is 1. The first-order valence-corrected chi connectivity index (χ1v) is 25.1. The Morgan fingerprint density at radius 1 is 0.762 bits per heavy atom. The quantitative estimate of drug-likeness (QED) is 0.0752. The number of hydrogen-bond acceptors (Lipinski definition) is 16. The highest BCUT2D eigenvalue weighted by Gasteiger charge is 2.39. The number of imidazole rings is 2. The molecule has 8 rings (SSSR count). The van der Waals surface area contributed by atoms with Crippen molar-refractivity contribution >= 4 is 62.5 Å². The molecule has 0 radical (unpaired) electrons. The fraction of sp³-hybridized carbons (Fsp3) is 0.487. The fourth-order valence-electron chi connectivity index (χ4n) is 8.08. The van der Waals surface area contributed by atoms with Gasteiger partial charge >= 0.3 is 0 Å². The molecule has 2 aliphatic rings. The number of piperidine rings is 2. The second-order valence-electron chi connectivity index (χ2n) is 15.8. The van der Waals surface area contributed by atoms with Gasteiger partial charge in [-0.3, -0.25) is 0 Å². The Morgan fingerprint density at radius 2 is 1.17 bits per heavy atom. The maximum atomic E-state index is 13.6. The van der Waals surface area contributed by atoms with Gasteiger partial charge in [-0.1, -0.05) is 35.2 Å². The molecule has 0 saturated carbocycles. The lowest BCUT2D eigenvalue weighted by Crippen LogP contribution is -2.45. The van der Waals surface area contributed by atoms with Crippen LogP contribution in [-0.2, 0) is 19.7 Å². The van der Waals surface area contributed by atoms with Crippen molar-refractivity contribution in [1.82, 2.24) is 29.2 Å². The number of aliphatic hydroxyl groups excluding tert-OH is 1. The number of sulfone groups is 2. The largest absolute Gasteiger partial charge is 0.496 e. The van der Waals surface area contributed by atoms with Crippen molar-refractivity contribution in [3.05, 3.63) is 70.9 Å². The SMILES string of the molecule is C.COc1cc(F)ccc1-c1cnc2sc(N3CCC(CN=[N+]=[N-])(CS(C)(=O)=O)CC3)nn12.COc1cc(F)ccc1-c1cnc2sc(N3CCC(CO)(CS(C)(=O)=O)CC3)nn12. The van der Waals surface area contributed by atoms with E-state index in [-0.39, 0.29) is 37.9 Å². The highest BCUT2D eigenvalue weighted by Crippen LogP contribution is 2.40. The van der Waals surface area contributed by atoms with E-state index in [1.54, 1.807) is 33.6 Å². The Balaban J connectivity index is 0.000000207. The number of methoxy groups -OCH3 is 2. The zero-order chi connectivity index (χ0) is 44.5. The molecule has 63 heavy (non-hydrogen) atoms. The van der Waals surface area contributed by atoms with E-state index in [9.17, 15) is 30.7 Å². The number of rotatable bonds is 13. The molecule has 340 valence electrons. The number of halogens is 2. The number of ether oxygens (including phenoxy) is 2. The fourth-order valence-corrected chi connectivity index (χ4v) is 12.9. The molecule has 4 aromatic heterocycles. The van der Waals surface area contributed by atoms with E-state index in [0.717, 1.165) is 10.3 Å². The zero-order valence-corrected chi connectivity index (χ0v) is 37.6. The third kappa shape index (κ3) is 10.6. The predicted octanol–water partition coefficient (Wildman–Crippen LogP) is 6.41. The van der Waals surface area contributed by atoms with Crippen molar-refractivity contribution in [3.8, 4) is 34.0 Å². The third-order valence-corrected chi connectivity index (χ3v) is 15.4. The van der Waals surface area contributed by atoms with Crippen LogP contribution in [0.3, 0.4) is 0 Å². The lowest BCUT2D eigenvalue weighted by Gasteiger charge is -2.40. The topological polar surface area (TPSA) is 223 Å². The van der Waals surface area contributed by atoms with Crippen molar-refractivity contribution in [2.75, 3.05) is 87.4 Å². The number of nitrogens with zero attached hydrogens (tertiary/aromatic N) is 11. The molecule has 2 aliphatic heterocycles. The van der Waals surface area contributed by atoms with Crippen molar-refractivity contribution in [2.45, 2.75) is 33.1 Å². The van der Waals surface area contributed by atoms with Crippen LogP contribution in [0.2, 0.25) is 0 Å². The van der Waals surface area contributed by atoms with Crippen LogP contribution < -0.4 is 19.3 Å². The lowest BCUT2D eigenvalue weighted by molar-refractivity contribution is 0.117. The molecule has 0 aliphatic carbocycles. The van der Waals surface area contributed by atoms with E-state index < -0.39 is 36.3 Å². The summed E-state index contributed by atoms with van der Waals surface area (Å²) < 4.78 is 88.6. The summed E-state index contributed by atoms with van der Waals surface area (Å²) in [5.41, 5.74) is 10.3. The predicted molar refractivity (Wildman–Crippen MR) is 241 cm³/mol. The van der Waals surface area contributed by atoms with Gasteiger partial charge in [0.05, 0.1) is 49.5 Å². The van der Waals surface area contributed by atoms with Crippen molar-refractivity contribution < 1.29 is 40.2 Å². The van der Waals surface area contributed by atoms with Crippen LogP contribution in [0.4, 0.5) is 19.0 Å². The van der Waals surface area contributed by atoms with E-state index in [4.69, 9.17) is 20.1 Å². The Morgan fingerprint density at radius 3 is 1.56 bits per heavy atom. The van der Waals surface area contributed by atoms with Crippen LogP contribution in [0.15, 0.2) is 53.9 Å². The van der Waals surface area contributed by atoms with Gasteiger partial charge in [0.15, 0.2) is 0 Å². The Bertz CT molecular complexity index is 2840. The summed E-state index contributed by atoms with van der Waals surface area (Å²) in [5.74, 6) is -0.00871. The first kappa shape index (κ1) is 47.4. The highest BCUT2D eigenvalue weighted by atomic mass is 32.2. The van der Waals surface area contributed by atoms with Gasteiger partial charge in [0.25, 0.3) is 0 Å². The van der Waals surface area contributed by atoms with Crippen LogP contribution in [0.5, 0.6) is 11.5 Å². The molecule has 6 aromatic rings. The first-order valence-electron chi connectivity index (χ1n) is 19.3. The molecule has 2 saturated heterocycles. The number of benzene rings is 2. The number of anilines is 2. The summed E-state index contributed by atoms with van der Waals surface area (Å²) in [5, 5.41) is 24.4. The Hall–Kier alpha value is -5.13. The third-order valence-electron chi connectivity index (χ3n) is 11.2. The molecule has 0 spiro atoms. The number of aliphatic hydroxyl groups is 1. The molecule has 0 atom stereocenters. The monoisotopic (exact) mass is 949 g/mol. The summed E-state index contributed by atoms with van der Waals surface area (Å²) in [4.78, 5) is 17.2. The second-order valence-corrected chi connectivity index (χ2v) is 21.9. The van der Waals surface area contributed by atoms with Crippen molar-refractivity contribution in [2.24, 2.45) is 15.9 Å². The van der Waals surface area contributed by atoms with Crippen molar-refractivity contribution in [1.29, 1.82) is 0 Å².